The van der Waals surface area contributed by atoms with Gasteiger partial charge in [-0.3, -0.25) is 9.59 Å². The van der Waals surface area contributed by atoms with Crippen LogP contribution in [0.3, 0.4) is 0 Å². The molecule has 5 nitrogen and oxygen atoms in total. The average Bonchev–Trinajstić information content (AvgIpc) is 3.12. The molecular weight excluding hydrogens is 254 g/mol. The van der Waals surface area contributed by atoms with Gasteiger partial charge in [0, 0.05) is 24.9 Å². The monoisotopic (exact) mass is 279 g/mol. The SMILES string of the molecule is NC(=O)CC1CCCCN1C(=O)C1CC12CCNCC2. The number of piperidine rings is 2. The maximum atomic E-state index is 12.8. The van der Waals surface area contributed by atoms with Gasteiger partial charge < -0.3 is 16.0 Å². The van der Waals surface area contributed by atoms with Crippen LogP contribution in [-0.2, 0) is 9.59 Å². The van der Waals surface area contributed by atoms with E-state index in [0.29, 0.717) is 6.42 Å². The molecule has 2 amide bonds. The lowest BCUT2D eigenvalue weighted by Crippen LogP contribution is -2.47. The largest absolute Gasteiger partial charge is 0.370 e. The number of rotatable bonds is 3. The molecule has 20 heavy (non-hydrogen) atoms. The predicted octanol–water partition coefficient (Wildman–Crippen LogP) is 0.633. The van der Waals surface area contributed by atoms with E-state index in [1.165, 1.54) is 0 Å². The van der Waals surface area contributed by atoms with Gasteiger partial charge in [-0.15, -0.1) is 0 Å². The van der Waals surface area contributed by atoms with Crippen LogP contribution in [0.15, 0.2) is 0 Å². The molecule has 112 valence electrons. The summed E-state index contributed by atoms with van der Waals surface area (Å²) >= 11 is 0. The molecule has 2 aliphatic heterocycles. The van der Waals surface area contributed by atoms with Crippen LogP contribution < -0.4 is 11.1 Å². The third-order valence-electron chi connectivity index (χ3n) is 5.43. The van der Waals surface area contributed by atoms with Crippen molar-refractivity contribution in [2.45, 2.75) is 51.0 Å². The maximum absolute atomic E-state index is 12.8. The standard InChI is InChI=1S/C15H25N3O2/c16-13(19)9-11-3-1-2-8-18(11)14(20)12-10-15(12)4-6-17-7-5-15/h11-12,17H,1-10H2,(H2,16,19). The molecule has 5 heteroatoms. The van der Waals surface area contributed by atoms with Crippen molar-refractivity contribution in [1.29, 1.82) is 0 Å². The van der Waals surface area contributed by atoms with Gasteiger partial charge in [0.2, 0.25) is 11.8 Å². The molecular formula is C15H25N3O2. The molecule has 1 aliphatic carbocycles. The summed E-state index contributed by atoms with van der Waals surface area (Å²) < 4.78 is 0. The van der Waals surface area contributed by atoms with Crippen LogP contribution >= 0.6 is 0 Å². The fourth-order valence-electron chi connectivity index (χ4n) is 4.11. The number of nitrogens with zero attached hydrogens (tertiary/aromatic N) is 1. The molecule has 0 radical (unpaired) electrons. The number of carbonyl (C=O) groups excluding carboxylic acids is 2. The summed E-state index contributed by atoms with van der Waals surface area (Å²) in [6, 6.07) is 0.0492. The van der Waals surface area contributed by atoms with E-state index in [0.717, 1.165) is 58.2 Å². The van der Waals surface area contributed by atoms with Gasteiger partial charge in [0.25, 0.3) is 0 Å². The van der Waals surface area contributed by atoms with Gasteiger partial charge in [-0.25, -0.2) is 0 Å². The zero-order valence-electron chi connectivity index (χ0n) is 12.1. The third kappa shape index (κ3) is 2.55. The Morgan fingerprint density at radius 3 is 2.70 bits per heavy atom. The lowest BCUT2D eigenvalue weighted by Gasteiger charge is -2.36. The highest BCUT2D eigenvalue weighted by molar-refractivity contribution is 5.84. The Hall–Kier alpha value is -1.10. The van der Waals surface area contributed by atoms with Crippen LogP contribution in [0.5, 0.6) is 0 Å². The fraction of sp³-hybridized carbons (Fsp3) is 0.867. The first kappa shape index (κ1) is 13.9. The highest BCUT2D eigenvalue weighted by Crippen LogP contribution is 2.59. The minimum absolute atomic E-state index is 0.0492. The summed E-state index contributed by atoms with van der Waals surface area (Å²) in [7, 11) is 0. The number of likely N-dealkylation sites (tertiary alicyclic amines) is 1. The normalized spacial score (nSPS) is 32.1. The van der Waals surface area contributed by atoms with E-state index in [1.54, 1.807) is 0 Å². The molecule has 2 heterocycles. The van der Waals surface area contributed by atoms with E-state index >= 15 is 0 Å². The molecule has 3 aliphatic rings. The third-order valence-corrected chi connectivity index (χ3v) is 5.43. The number of nitrogens with two attached hydrogens (primary N) is 1. The maximum Gasteiger partial charge on any atom is 0.226 e. The first-order valence-electron chi connectivity index (χ1n) is 7.92. The van der Waals surface area contributed by atoms with Gasteiger partial charge >= 0.3 is 0 Å². The van der Waals surface area contributed by atoms with Crippen LogP contribution in [-0.4, -0.2) is 42.4 Å². The number of primary amides is 1. The van der Waals surface area contributed by atoms with Gasteiger partial charge in [0.1, 0.15) is 0 Å². The Bertz CT molecular complexity index is 404. The van der Waals surface area contributed by atoms with Gasteiger partial charge in [0.05, 0.1) is 0 Å². The van der Waals surface area contributed by atoms with Gasteiger partial charge in [-0.1, -0.05) is 0 Å². The van der Waals surface area contributed by atoms with E-state index < -0.39 is 0 Å². The number of amides is 2. The van der Waals surface area contributed by atoms with Gasteiger partial charge in [-0.05, 0) is 57.0 Å². The zero-order valence-corrected chi connectivity index (χ0v) is 12.1. The van der Waals surface area contributed by atoms with Gasteiger partial charge in [-0.2, -0.15) is 0 Å². The fourth-order valence-corrected chi connectivity index (χ4v) is 4.11. The van der Waals surface area contributed by atoms with Crippen molar-refractivity contribution in [3.63, 3.8) is 0 Å². The van der Waals surface area contributed by atoms with Crippen molar-refractivity contribution < 1.29 is 9.59 Å². The lowest BCUT2D eigenvalue weighted by molar-refractivity contribution is -0.138. The second kappa shape index (κ2) is 5.35. The van der Waals surface area contributed by atoms with E-state index in [9.17, 15) is 9.59 Å². The second-order valence-corrected chi connectivity index (χ2v) is 6.72. The van der Waals surface area contributed by atoms with Crippen molar-refractivity contribution >= 4 is 11.8 Å². The molecule has 0 aromatic heterocycles. The van der Waals surface area contributed by atoms with Crippen LogP contribution in [0.4, 0.5) is 0 Å². The Kier molecular flexibility index (Phi) is 3.71. The number of hydrogen-bond donors (Lipinski definition) is 2. The molecule has 0 bridgehead atoms. The topological polar surface area (TPSA) is 75.4 Å². The first-order chi connectivity index (χ1) is 9.62. The molecule has 3 N–H and O–H groups in total. The molecule has 2 saturated heterocycles. The predicted molar refractivity (Wildman–Crippen MR) is 75.8 cm³/mol. The molecule has 1 saturated carbocycles. The van der Waals surface area contributed by atoms with Crippen molar-refractivity contribution in [1.82, 2.24) is 10.2 Å². The summed E-state index contributed by atoms with van der Waals surface area (Å²) in [6.45, 7) is 2.88. The van der Waals surface area contributed by atoms with Crippen LogP contribution in [0.25, 0.3) is 0 Å². The molecule has 1 spiro atoms. The summed E-state index contributed by atoms with van der Waals surface area (Å²) in [5, 5.41) is 3.37. The summed E-state index contributed by atoms with van der Waals surface area (Å²) in [6.07, 6.45) is 6.70. The van der Waals surface area contributed by atoms with Crippen molar-refractivity contribution in [2.24, 2.45) is 17.1 Å². The Morgan fingerprint density at radius 2 is 2.00 bits per heavy atom. The highest BCUT2D eigenvalue weighted by atomic mass is 16.2. The summed E-state index contributed by atoms with van der Waals surface area (Å²) in [4.78, 5) is 25.9. The molecule has 2 unspecified atom stereocenters. The van der Waals surface area contributed by atoms with E-state index in [4.69, 9.17) is 5.73 Å². The number of carbonyl (C=O) groups is 2. The first-order valence-corrected chi connectivity index (χ1v) is 7.92. The Balaban J connectivity index is 1.65. The van der Waals surface area contributed by atoms with Crippen LogP contribution in [0, 0.1) is 11.3 Å². The second-order valence-electron chi connectivity index (χ2n) is 6.72. The van der Waals surface area contributed by atoms with Crippen molar-refractivity contribution in [3.8, 4) is 0 Å². The molecule has 0 aromatic rings. The molecule has 3 rings (SSSR count). The van der Waals surface area contributed by atoms with Crippen molar-refractivity contribution in [3.05, 3.63) is 0 Å². The van der Waals surface area contributed by atoms with E-state index in [1.807, 2.05) is 4.90 Å². The molecule has 2 atom stereocenters. The Morgan fingerprint density at radius 1 is 1.25 bits per heavy atom. The van der Waals surface area contributed by atoms with E-state index in [-0.39, 0.29) is 29.2 Å². The molecule has 3 fully saturated rings. The molecule has 0 aromatic carbocycles. The zero-order chi connectivity index (χ0) is 14.2. The number of nitrogens with one attached hydrogen (secondary N) is 1. The minimum Gasteiger partial charge on any atom is -0.370 e. The van der Waals surface area contributed by atoms with E-state index in [2.05, 4.69) is 5.32 Å². The average molecular weight is 279 g/mol. The van der Waals surface area contributed by atoms with Crippen molar-refractivity contribution in [2.75, 3.05) is 19.6 Å². The smallest absolute Gasteiger partial charge is 0.226 e. The van der Waals surface area contributed by atoms with Gasteiger partial charge in [0.15, 0.2) is 0 Å². The quantitative estimate of drug-likeness (QED) is 0.796. The highest BCUT2D eigenvalue weighted by Gasteiger charge is 2.59. The van der Waals surface area contributed by atoms with Crippen LogP contribution in [0.1, 0.15) is 44.9 Å². The summed E-state index contributed by atoms with van der Waals surface area (Å²) in [5.41, 5.74) is 5.60. The number of hydrogen-bond acceptors (Lipinski definition) is 3. The van der Waals surface area contributed by atoms with Crippen LogP contribution in [0.2, 0.25) is 0 Å². The minimum atomic E-state index is -0.290. The lowest BCUT2D eigenvalue weighted by atomic mass is 9.90. The Labute approximate surface area is 120 Å². The summed E-state index contributed by atoms with van der Waals surface area (Å²) in [5.74, 6) is 0.206.